The van der Waals surface area contributed by atoms with E-state index in [9.17, 15) is 33.5 Å². The fourth-order valence-electron chi connectivity index (χ4n) is 5.00. The van der Waals surface area contributed by atoms with Crippen molar-refractivity contribution in [2.75, 3.05) is 42.5 Å². The van der Waals surface area contributed by atoms with Crippen molar-refractivity contribution in [3.63, 3.8) is 0 Å². The number of carbonyl (C=O) groups excluding carboxylic acids is 6. The van der Waals surface area contributed by atoms with Gasteiger partial charge >= 0.3 is 162 Å². The smallest absolute Gasteiger partial charge is 2.00 e. The van der Waals surface area contributed by atoms with Gasteiger partial charge in [0.25, 0.3) is 0 Å². The molecule has 0 aromatic rings. The molecular weight excluding hydrogens is 1870 g/mol. The zero-order valence-corrected chi connectivity index (χ0v) is 64.8. The van der Waals surface area contributed by atoms with Gasteiger partial charge in [-0.05, 0) is 97.3 Å². The summed E-state index contributed by atoms with van der Waals surface area (Å²) in [5, 5.41) is 18.4. The normalized spacial score (nSPS) is 17.8. The van der Waals surface area contributed by atoms with Gasteiger partial charge in [-0.15, -0.1) is 36.3 Å². The number of carbonyl (C=O) groups is 6. The first-order valence-corrected chi connectivity index (χ1v) is 40.3. The molecular formula is C47H97B2Cl2I4N8O11VW2-. The molecule has 4 rings (SSSR count). The van der Waals surface area contributed by atoms with Crippen LogP contribution < -0.4 is 32.7 Å². The van der Waals surface area contributed by atoms with Gasteiger partial charge < -0.3 is 83.7 Å². The van der Waals surface area contributed by atoms with Crippen LogP contribution in [-0.4, -0.2) is 128 Å². The van der Waals surface area contributed by atoms with Gasteiger partial charge in [-0.3, -0.25) is 9.59 Å². The van der Waals surface area contributed by atoms with Crippen LogP contribution in [0.1, 0.15) is 161 Å². The number of hydrogen-bond donors (Lipinski definition) is 6. The Labute approximate surface area is 559 Å². The van der Waals surface area contributed by atoms with Gasteiger partial charge in [0.15, 0.2) is 0 Å². The van der Waals surface area contributed by atoms with Crippen molar-refractivity contribution in [1.29, 1.82) is 0 Å². The second-order valence-corrected chi connectivity index (χ2v) is 53.7. The molecule has 0 saturated carbocycles. The molecule has 4 aliphatic rings. The predicted molar refractivity (Wildman–Crippen MR) is 345 cm³/mol. The molecule has 19 nitrogen and oxygen atoms in total. The number of nitrogens with one attached hydrogen (secondary N) is 4. The molecule has 0 aromatic carbocycles. The minimum absolute atomic E-state index is 0. The Hall–Kier alpha value is 1.65. The van der Waals surface area contributed by atoms with Crippen LogP contribution in [-0.2, 0) is 90.1 Å². The van der Waals surface area contributed by atoms with Crippen LogP contribution in [0.2, 0.25) is 6.82 Å². The van der Waals surface area contributed by atoms with E-state index in [0.717, 1.165) is 70.8 Å². The third-order valence-corrected chi connectivity index (χ3v) is 7.77. The Morgan fingerprint density at radius 1 is 0.714 bits per heavy atom. The average molecular weight is 1970 g/mol. The van der Waals surface area contributed by atoms with Crippen molar-refractivity contribution in [2.45, 2.75) is 203 Å². The van der Waals surface area contributed by atoms with Crippen molar-refractivity contribution in [1.82, 2.24) is 21.3 Å². The number of rotatable bonds is 6. The molecule has 0 aromatic heterocycles. The van der Waals surface area contributed by atoms with Crippen LogP contribution in [0, 0.1) is 21.3 Å². The molecule has 4 aliphatic heterocycles. The van der Waals surface area contributed by atoms with Crippen molar-refractivity contribution >= 4 is 156 Å². The van der Waals surface area contributed by atoms with Crippen LogP contribution in [0.15, 0.2) is 0 Å². The van der Waals surface area contributed by atoms with Crippen LogP contribution >= 0.6 is 106 Å². The Morgan fingerprint density at radius 3 is 1.45 bits per heavy atom. The summed E-state index contributed by atoms with van der Waals surface area (Å²) in [7, 11) is 1.97. The molecule has 4 fully saturated rings. The topological polar surface area (TPSA) is 285 Å². The third-order valence-electron chi connectivity index (χ3n) is 7.77. The average Bonchev–Trinajstić information content (AvgIpc) is 3.82. The maximum Gasteiger partial charge on any atom is 2.00 e. The summed E-state index contributed by atoms with van der Waals surface area (Å²) in [6, 6.07) is -1.55. The minimum Gasteiger partial charge on any atom is 2.00 e. The first-order chi connectivity index (χ1) is 34.3. The van der Waals surface area contributed by atoms with E-state index in [1.165, 1.54) is 11.9 Å². The van der Waals surface area contributed by atoms with Crippen molar-refractivity contribution in [2.24, 2.45) is 11.5 Å². The number of amides is 6. The number of halogens is 6. The summed E-state index contributed by atoms with van der Waals surface area (Å²) in [4.78, 5) is 75.6. The Kier molecular flexibility index (Phi) is 102. The number of ether oxygens (including phenoxy) is 2. The molecule has 4 saturated heterocycles. The summed E-state index contributed by atoms with van der Waals surface area (Å²) in [5.74, 6) is -0.480. The second-order valence-electron chi connectivity index (χ2n) is 16.0. The van der Waals surface area contributed by atoms with Gasteiger partial charge in [0.05, 0.1) is 29.2 Å². The van der Waals surface area contributed by atoms with Crippen molar-refractivity contribution in [3.05, 3.63) is 31.9 Å². The number of nitrogens with two attached hydrogens (primary N) is 2. The van der Waals surface area contributed by atoms with E-state index in [0.29, 0.717) is 39.6 Å². The summed E-state index contributed by atoms with van der Waals surface area (Å²) in [6.07, 6.45) is 9.75. The Balaban J connectivity index is -0.0000000741. The third kappa shape index (κ3) is 86.6. The molecule has 77 heavy (non-hydrogen) atoms. The van der Waals surface area contributed by atoms with E-state index in [4.69, 9.17) is 44.1 Å². The van der Waals surface area contributed by atoms with Crippen molar-refractivity contribution in [3.8, 4) is 0 Å². The number of nitrogens with zero attached hydrogens (tertiary/aromatic N) is 2. The minimum atomic E-state index is -0.553. The van der Waals surface area contributed by atoms with E-state index >= 15 is 0 Å². The Morgan fingerprint density at radius 2 is 1.05 bits per heavy atom. The largest absolute Gasteiger partial charge is 2.00 e. The molecule has 0 unspecified atom stereocenters. The van der Waals surface area contributed by atoms with E-state index < -0.39 is 35.5 Å². The van der Waals surface area contributed by atoms with E-state index in [1.807, 2.05) is 13.8 Å². The molecule has 4 atom stereocenters. The fourth-order valence-corrected chi connectivity index (χ4v) is 5.00. The summed E-state index contributed by atoms with van der Waals surface area (Å²) in [6.45, 7) is 31.2. The van der Waals surface area contributed by atoms with Gasteiger partial charge in [-0.2, -0.15) is 13.8 Å². The van der Waals surface area contributed by atoms with E-state index in [2.05, 4.69) is 145 Å². The summed E-state index contributed by atoms with van der Waals surface area (Å²) < 4.78 is 20.9. The molecule has 0 bridgehead atoms. The Bertz CT molecular complexity index is 1270. The number of alkyl carbamates (subject to hydrolysis) is 2. The maximum atomic E-state index is 11.5. The van der Waals surface area contributed by atoms with Crippen LogP contribution in [0.3, 0.4) is 0 Å². The van der Waals surface area contributed by atoms with Gasteiger partial charge in [-0.25, -0.2) is 9.59 Å². The first kappa shape index (κ1) is 104. The molecule has 4 heterocycles. The monoisotopic (exact) mass is 1970 g/mol. The predicted octanol–water partition coefficient (Wildman–Crippen LogP) is 12.1. The van der Waals surface area contributed by atoms with Gasteiger partial charge in [0, 0.05) is 19.1 Å². The molecule has 0 spiro atoms. The molecule has 30 heteroatoms. The van der Waals surface area contributed by atoms with Gasteiger partial charge in [0.1, 0.15) is 17.2 Å². The molecule has 0 aliphatic carbocycles. The van der Waals surface area contributed by atoms with Crippen LogP contribution in [0.4, 0.5) is 9.59 Å². The molecule has 1 radical (unpaired) electrons. The van der Waals surface area contributed by atoms with Gasteiger partial charge in [-0.1, -0.05) is 76.5 Å². The maximum absolute atomic E-state index is 11.5. The molecule has 457 valence electrons. The number of alkyl halides is 3. The van der Waals surface area contributed by atoms with Crippen LogP contribution in [0.25, 0.3) is 10.6 Å². The standard InChI is InChI=1S/2C11H20N2O3.2C6H12N2O.C2H5B2O3.C2H5I.C2H6.2C2H5.CH2Cl2.CH4.CH3.3HI.V.2W/c2*1-11(2,3)16-10(15)13-8-6-4-5-7-12-9(8)14;2*7-5-3-1-2-4-8-6(5)9;1-3-7-6-2-4-5;1-2-3;3*1-2;2-1-3;;;;;;;;/h8H,4-7H2,1-3H3,(H,12,14)(H,13,15);8H,4-7H2,1-3H3,(H2,12,13,14,15);2*5H,1-4,7H2,(H,8,9);2H2,1H3;2H2,1H3;1-2H3;2*1H2,2H3;1H2;1H4;1H3;3*1H;;;/q;;;;;;;2*-1;;;-1;;;;+3;2*+2/p-5/t2*8-;2*5-;;;;;;;;;;;;;;/m0000............../s1. The second kappa shape index (κ2) is 75.7. The summed E-state index contributed by atoms with van der Waals surface area (Å²) in [5.41, 5.74) is 9.82. The van der Waals surface area contributed by atoms with Crippen molar-refractivity contribution < 1.29 is 99.7 Å². The summed E-state index contributed by atoms with van der Waals surface area (Å²) >= 11 is 19.2. The van der Waals surface area contributed by atoms with Crippen LogP contribution in [0.5, 0.6) is 0 Å². The van der Waals surface area contributed by atoms with Gasteiger partial charge in [0.2, 0.25) is 11.8 Å². The zero-order chi connectivity index (χ0) is 58.3. The molecule has 6 amide bonds. The van der Waals surface area contributed by atoms with E-state index in [1.54, 1.807) is 62.2 Å². The SMILES string of the molecule is C.CC.CC(C)(C)OC(=O)N[C@H]1CCCCNC1=O.CC(C)(C)OC(=O)N[C@H]1CCCC[N-]C1=O.CCI.C[B]OOCB=O.ClCCl.N[C@H]1CCCCNC1=O.N[C@H]1CCCC[N-]C1=O.[CH2-]C.[CH2-]C.[CH3-].[I][V]([I])[I].[W+2].[W+2]. The molecule has 8 N–H and O–H groups in total. The quantitative estimate of drug-likeness (QED) is 0.0275. The van der Waals surface area contributed by atoms with E-state index in [-0.39, 0.29) is 109 Å². The first-order valence-electron chi connectivity index (χ1n) is 24.2. The zero-order valence-electron chi connectivity index (χ0n) is 47.4. The number of hydrogen-bond acceptors (Lipinski definition) is 13. The fraction of sp³-hybridized carbons (Fsp3) is 0.809.